The van der Waals surface area contributed by atoms with Crippen molar-refractivity contribution in [2.45, 2.75) is 0 Å². The van der Waals surface area contributed by atoms with E-state index in [2.05, 4.69) is 10.3 Å². The molecule has 0 saturated heterocycles. The topological polar surface area (TPSA) is 42.0 Å². The lowest BCUT2D eigenvalue weighted by Gasteiger charge is -2.09. The van der Waals surface area contributed by atoms with Crippen molar-refractivity contribution < 1.29 is 4.79 Å². The van der Waals surface area contributed by atoms with E-state index >= 15 is 0 Å². The summed E-state index contributed by atoms with van der Waals surface area (Å²) in [4.78, 5) is 17.2. The van der Waals surface area contributed by atoms with E-state index in [9.17, 15) is 4.79 Å². The number of nitrogens with zero attached hydrogens (tertiary/aromatic N) is 1. The number of benzene rings is 3. The average molecular weight is 365 g/mol. The van der Waals surface area contributed by atoms with Crippen LogP contribution in [0.15, 0.2) is 72.8 Å². The maximum atomic E-state index is 12.5. The summed E-state index contributed by atoms with van der Waals surface area (Å²) in [5, 5.41) is 4.46. The molecule has 0 atom stereocenters. The van der Waals surface area contributed by atoms with Gasteiger partial charge in [0.15, 0.2) is 0 Å². The Balaban J connectivity index is 1.69. The molecule has 4 rings (SSSR count). The van der Waals surface area contributed by atoms with Crippen LogP contribution in [0.1, 0.15) is 10.4 Å². The number of hydrogen-bond donors (Lipinski definition) is 1. The predicted molar refractivity (Wildman–Crippen MR) is 104 cm³/mol. The molecular weight excluding hydrogens is 352 g/mol. The number of halogens is 1. The number of amides is 1. The van der Waals surface area contributed by atoms with Crippen LogP contribution in [-0.2, 0) is 0 Å². The molecule has 0 aliphatic rings. The second-order valence-corrected chi connectivity index (χ2v) is 6.96. The molecule has 0 radical (unpaired) electrons. The van der Waals surface area contributed by atoms with Gasteiger partial charge in [-0.05, 0) is 48.5 Å². The van der Waals surface area contributed by atoms with Crippen LogP contribution in [0.4, 0.5) is 5.69 Å². The fraction of sp³-hybridized carbons (Fsp3) is 0. The van der Waals surface area contributed by atoms with Crippen LogP contribution >= 0.6 is 22.9 Å². The van der Waals surface area contributed by atoms with Crippen molar-refractivity contribution in [2.75, 3.05) is 5.32 Å². The van der Waals surface area contributed by atoms with E-state index < -0.39 is 0 Å². The third-order valence-corrected chi connectivity index (χ3v) is 5.13. The van der Waals surface area contributed by atoms with Crippen LogP contribution in [0.2, 0.25) is 5.02 Å². The van der Waals surface area contributed by atoms with Gasteiger partial charge in [-0.1, -0.05) is 35.9 Å². The summed E-state index contributed by atoms with van der Waals surface area (Å²) in [6.45, 7) is 0. The van der Waals surface area contributed by atoms with E-state index in [0.717, 1.165) is 26.5 Å². The van der Waals surface area contributed by atoms with Crippen molar-refractivity contribution >= 4 is 44.7 Å². The molecule has 3 nitrogen and oxygen atoms in total. The summed E-state index contributed by atoms with van der Waals surface area (Å²) < 4.78 is 1.12. The number of nitrogens with one attached hydrogen (secondary N) is 1. The summed E-state index contributed by atoms with van der Waals surface area (Å²) in [6, 6.07) is 22.5. The summed E-state index contributed by atoms with van der Waals surface area (Å²) in [6.07, 6.45) is 0. The molecule has 0 spiro atoms. The molecule has 0 bridgehead atoms. The van der Waals surface area contributed by atoms with Crippen LogP contribution in [0.25, 0.3) is 20.8 Å². The van der Waals surface area contributed by atoms with Crippen molar-refractivity contribution in [3.63, 3.8) is 0 Å². The lowest BCUT2D eigenvalue weighted by molar-refractivity contribution is 0.102. The Morgan fingerprint density at radius 2 is 1.64 bits per heavy atom. The zero-order valence-corrected chi connectivity index (χ0v) is 14.6. The normalized spacial score (nSPS) is 10.8. The summed E-state index contributed by atoms with van der Waals surface area (Å²) >= 11 is 7.49. The minimum Gasteiger partial charge on any atom is -0.321 e. The number of anilines is 1. The quantitative estimate of drug-likeness (QED) is 0.494. The first-order valence-corrected chi connectivity index (χ1v) is 8.92. The number of thiazole rings is 1. The number of fused-ring (bicyclic) bond motifs is 1. The van der Waals surface area contributed by atoms with Crippen LogP contribution in [-0.4, -0.2) is 10.9 Å². The van der Waals surface area contributed by atoms with Gasteiger partial charge >= 0.3 is 0 Å². The second kappa shape index (κ2) is 6.67. The van der Waals surface area contributed by atoms with Gasteiger partial charge in [-0.15, -0.1) is 11.3 Å². The number of para-hydroxylation sites is 2. The third kappa shape index (κ3) is 3.27. The molecule has 4 aromatic rings. The van der Waals surface area contributed by atoms with Gasteiger partial charge in [-0.25, -0.2) is 4.98 Å². The zero-order chi connectivity index (χ0) is 17.2. The molecule has 0 aliphatic carbocycles. The van der Waals surface area contributed by atoms with Crippen molar-refractivity contribution in [3.8, 4) is 10.6 Å². The Bertz CT molecular complexity index is 1020. The molecule has 1 heterocycles. The van der Waals surface area contributed by atoms with Crippen molar-refractivity contribution in [1.82, 2.24) is 4.98 Å². The molecule has 5 heteroatoms. The monoisotopic (exact) mass is 364 g/mol. The molecule has 0 fully saturated rings. The lowest BCUT2D eigenvalue weighted by Crippen LogP contribution is -2.12. The highest BCUT2D eigenvalue weighted by atomic mass is 35.5. The molecule has 0 saturated carbocycles. The summed E-state index contributed by atoms with van der Waals surface area (Å²) in [5.41, 5.74) is 3.16. The molecule has 1 N–H and O–H groups in total. The number of aromatic nitrogens is 1. The van der Waals surface area contributed by atoms with E-state index in [-0.39, 0.29) is 5.91 Å². The second-order valence-electron chi connectivity index (χ2n) is 5.49. The summed E-state index contributed by atoms with van der Waals surface area (Å²) in [7, 11) is 0. The lowest BCUT2D eigenvalue weighted by atomic mass is 10.1. The van der Waals surface area contributed by atoms with Gasteiger partial charge in [0.1, 0.15) is 5.01 Å². The molecule has 3 aromatic carbocycles. The van der Waals surface area contributed by atoms with Gasteiger partial charge in [0.25, 0.3) is 5.91 Å². The van der Waals surface area contributed by atoms with Gasteiger partial charge in [0.2, 0.25) is 0 Å². The van der Waals surface area contributed by atoms with Gasteiger partial charge < -0.3 is 5.32 Å². The standard InChI is InChI=1S/C20H13ClN2OS/c21-14-11-9-13(10-12-14)19(24)22-16-6-2-1-5-15(16)20-23-17-7-3-4-8-18(17)25-20/h1-12H,(H,22,24). The van der Waals surface area contributed by atoms with Gasteiger partial charge in [0.05, 0.1) is 15.9 Å². The Morgan fingerprint density at radius 1 is 0.920 bits per heavy atom. The molecule has 0 aliphatic heterocycles. The van der Waals surface area contributed by atoms with E-state index in [1.807, 2.05) is 48.5 Å². The van der Waals surface area contributed by atoms with Crippen LogP contribution < -0.4 is 5.32 Å². The molecule has 25 heavy (non-hydrogen) atoms. The largest absolute Gasteiger partial charge is 0.321 e. The van der Waals surface area contributed by atoms with Crippen LogP contribution in [0, 0.1) is 0 Å². The van der Waals surface area contributed by atoms with E-state index in [1.54, 1.807) is 35.6 Å². The smallest absolute Gasteiger partial charge is 0.255 e. The predicted octanol–water partition coefficient (Wildman–Crippen LogP) is 5.87. The van der Waals surface area contributed by atoms with Crippen LogP contribution in [0.5, 0.6) is 0 Å². The minimum atomic E-state index is -0.176. The Morgan fingerprint density at radius 3 is 2.44 bits per heavy atom. The first kappa shape index (κ1) is 15.8. The Kier molecular flexibility index (Phi) is 4.22. The molecule has 0 unspecified atom stereocenters. The number of hydrogen-bond acceptors (Lipinski definition) is 3. The Hall–Kier alpha value is -2.69. The molecular formula is C20H13ClN2OS. The van der Waals surface area contributed by atoms with Gasteiger partial charge in [-0.2, -0.15) is 0 Å². The highest BCUT2D eigenvalue weighted by Crippen LogP contribution is 2.34. The summed E-state index contributed by atoms with van der Waals surface area (Å²) in [5.74, 6) is -0.176. The SMILES string of the molecule is O=C(Nc1ccccc1-c1nc2ccccc2s1)c1ccc(Cl)cc1. The highest BCUT2D eigenvalue weighted by molar-refractivity contribution is 7.21. The first-order valence-electron chi connectivity index (χ1n) is 7.72. The highest BCUT2D eigenvalue weighted by Gasteiger charge is 2.13. The van der Waals surface area contributed by atoms with E-state index in [4.69, 9.17) is 11.6 Å². The zero-order valence-electron chi connectivity index (χ0n) is 13.1. The van der Waals surface area contributed by atoms with E-state index in [0.29, 0.717) is 10.6 Å². The average Bonchev–Trinajstić information content (AvgIpc) is 3.06. The van der Waals surface area contributed by atoms with Crippen molar-refractivity contribution in [1.29, 1.82) is 0 Å². The molecule has 1 amide bonds. The maximum Gasteiger partial charge on any atom is 0.255 e. The fourth-order valence-corrected chi connectivity index (χ4v) is 3.69. The van der Waals surface area contributed by atoms with Gasteiger partial charge in [0, 0.05) is 16.1 Å². The minimum absolute atomic E-state index is 0.176. The van der Waals surface area contributed by atoms with Crippen molar-refractivity contribution in [3.05, 3.63) is 83.4 Å². The number of rotatable bonds is 3. The Labute approximate surface area is 153 Å². The molecule has 122 valence electrons. The van der Waals surface area contributed by atoms with E-state index in [1.165, 1.54) is 0 Å². The number of carbonyl (C=O) groups is 1. The number of carbonyl (C=O) groups excluding carboxylic acids is 1. The van der Waals surface area contributed by atoms with Crippen LogP contribution in [0.3, 0.4) is 0 Å². The maximum absolute atomic E-state index is 12.5. The first-order chi connectivity index (χ1) is 12.2. The molecule has 1 aromatic heterocycles. The van der Waals surface area contributed by atoms with Crippen molar-refractivity contribution in [2.24, 2.45) is 0 Å². The van der Waals surface area contributed by atoms with Gasteiger partial charge in [-0.3, -0.25) is 4.79 Å². The third-order valence-electron chi connectivity index (χ3n) is 3.81. The fourth-order valence-electron chi connectivity index (χ4n) is 2.56.